The van der Waals surface area contributed by atoms with Crippen molar-refractivity contribution in [1.29, 1.82) is 0 Å². The molecule has 0 bridgehead atoms. The highest BCUT2D eigenvalue weighted by Crippen LogP contribution is 2.18. The maximum atomic E-state index is 12.0. The zero-order valence-electron chi connectivity index (χ0n) is 15.3. The van der Waals surface area contributed by atoms with Crippen molar-refractivity contribution in [3.05, 3.63) is 63.4 Å². The van der Waals surface area contributed by atoms with Crippen LogP contribution in [0.5, 0.6) is 0 Å². The molecule has 0 amide bonds. The van der Waals surface area contributed by atoms with Crippen LogP contribution in [0.15, 0.2) is 41.7 Å². The quantitative estimate of drug-likeness (QED) is 0.151. The summed E-state index contributed by atoms with van der Waals surface area (Å²) in [4.78, 5) is 20.7. The fourth-order valence-corrected chi connectivity index (χ4v) is 2.87. The first-order valence-electron chi connectivity index (χ1n) is 8.96. The summed E-state index contributed by atoms with van der Waals surface area (Å²) in [5, 5.41) is 3.94. The molecule has 0 fully saturated rings. The minimum Gasteiger partial charge on any atom is -0.380 e. The Labute approximate surface area is 169 Å². The first-order valence-corrected chi connectivity index (χ1v) is 9.72. The Morgan fingerprint density at radius 1 is 1.15 bits per heavy atom. The number of carbonyl (C=O) groups excluding carboxylic acids is 1. The van der Waals surface area contributed by atoms with Gasteiger partial charge >= 0.3 is 5.97 Å². The largest absolute Gasteiger partial charge is 0.380 e. The zero-order valence-corrected chi connectivity index (χ0v) is 16.8. The van der Waals surface area contributed by atoms with Crippen molar-refractivity contribution in [2.75, 3.05) is 0 Å². The molecule has 27 heavy (non-hydrogen) atoms. The van der Waals surface area contributed by atoms with Crippen LogP contribution in [0.25, 0.3) is 0 Å². The van der Waals surface area contributed by atoms with Gasteiger partial charge < -0.3 is 10.6 Å². The molecule has 0 unspecified atom stereocenters. The molecular formula is C20H23Cl2N3O2. The second-order valence-corrected chi connectivity index (χ2v) is 7.00. The van der Waals surface area contributed by atoms with Crippen molar-refractivity contribution in [1.82, 2.24) is 4.98 Å². The Morgan fingerprint density at radius 3 is 2.56 bits per heavy atom. The van der Waals surface area contributed by atoms with Crippen LogP contribution in [0.1, 0.15) is 60.5 Å². The van der Waals surface area contributed by atoms with Crippen LogP contribution in [0.2, 0.25) is 10.2 Å². The van der Waals surface area contributed by atoms with Gasteiger partial charge in [0.1, 0.15) is 10.7 Å². The van der Waals surface area contributed by atoms with Gasteiger partial charge in [0.25, 0.3) is 0 Å². The predicted molar refractivity (Wildman–Crippen MR) is 109 cm³/mol. The number of carbonyl (C=O) groups is 1. The van der Waals surface area contributed by atoms with Crippen molar-refractivity contribution in [2.24, 2.45) is 10.9 Å². The van der Waals surface area contributed by atoms with E-state index in [4.69, 9.17) is 33.8 Å². The van der Waals surface area contributed by atoms with Gasteiger partial charge in [0.05, 0.1) is 5.02 Å². The Morgan fingerprint density at radius 2 is 1.85 bits per heavy atom. The molecule has 0 aliphatic carbocycles. The average molecular weight is 408 g/mol. The minimum atomic E-state index is -0.776. The number of halogens is 2. The summed E-state index contributed by atoms with van der Waals surface area (Å²) < 4.78 is 0. The van der Waals surface area contributed by atoms with Gasteiger partial charge in [-0.05, 0) is 24.5 Å². The minimum absolute atomic E-state index is 0.0125. The van der Waals surface area contributed by atoms with E-state index in [1.54, 1.807) is 0 Å². The molecule has 0 spiro atoms. The molecule has 1 heterocycles. The Kier molecular flexibility index (Phi) is 8.55. The number of aromatic nitrogens is 1. The summed E-state index contributed by atoms with van der Waals surface area (Å²) in [6.45, 7) is 2.21. The van der Waals surface area contributed by atoms with Gasteiger partial charge in [-0.2, -0.15) is 0 Å². The summed E-state index contributed by atoms with van der Waals surface area (Å²) in [5.41, 5.74) is 7.84. The smallest absolute Gasteiger partial charge is 0.368 e. The van der Waals surface area contributed by atoms with Crippen molar-refractivity contribution in [3.8, 4) is 0 Å². The lowest BCUT2D eigenvalue weighted by molar-refractivity contribution is 0.0516. The van der Waals surface area contributed by atoms with Crippen LogP contribution >= 0.6 is 23.2 Å². The van der Waals surface area contributed by atoms with E-state index in [0.29, 0.717) is 5.56 Å². The SMILES string of the molecule is CCCCCCCc1ccc(C(N)=NOC(=O)c2cc(Cl)cnc2Cl)cc1. The third-order valence-electron chi connectivity index (χ3n) is 4.07. The van der Waals surface area contributed by atoms with Gasteiger partial charge in [-0.15, -0.1) is 0 Å². The summed E-state index contributed by atoms with van der Waals surface area (Å²) in [6.07, 6.45) is 8.62. The van der Waals surface area contributed by atoms with Crippen molar-refractivity contribution in [2.45, 2.75) is 45.4 Å². The number of hydrogen-bond donors (Lipinski definition) is 1. The fraction of sp³-hybridized carbons (Fsp3) is 0.350. The fourth-order valence-electron chi connectivity index (χ4n) is 2.53. The molecule has 0 radical (unpaired) electrons. The standard InChI is InChI=1S/C20H23Cl2N3O2/c1-2-3-4-5-6-7-14-8-10-15(11-9-14)19(23)25-27-20(26)17-12-16(21)13-24-18(17)22/h8-13H,2-7H2,1H3,(H2,23,25). The average Bonchev–Trinajstić information content (AvgIpc) is 2.68. The molecule has 2 aromatic rings. The molecule has 5 nitrogen and oxygen atoms in total. The number of hydrogen-bond acceptors (Lipinski definition) is 4. The van der Waals surface area contributed by atoms with E-state index in [-0.39, 0.29) is 21.6 Å². The molecule has 0 aliphatic rings. The highest BCUT2D eigenvalue weighted by atomic mass is 35.5. The molecule has 2 rings (SSSR count). The van der Waals surface area contributed by atoms with Gasteiger partial charge in [0.2, 0.25) is 0 Å². The molecule has 7 heteroatoms. The second-order valence-electron chi connectivity index (χ2n) is 6.21. The van der Waals surface area contributed by atoms with E-state index < -0.39 is 5.97 Å². The Hall–Kier alpha value is -2.11. The molecule has 0 saturated carbocycles. The number of nitrogens with zero attached hydrogens (tertiary/aromatic N) is 2. The summed E-state index contributed by atoms with van der Waals surface area (Å²) in [7, 11) is 0. The first kappa shape index (κ1) is 21.2. The van der Waals surface area contributed by atoms with Gasteiger partial charge in [0, 0.05) is 11.8 Å². The first-order chi connectivity index (χ1) is 13.0. The van der Waals surface area contributed by atoms with E-state index in [1.807, 2.05) is 24.3 Å². The summed E-state index contributed by atoms with van der Waals surface area (Å²) in [5.74, 6) is -0.675. The maximum absolute atomic E-state index is 12.0. The highest BCUT2D eigenvalue weighted by Gasteiger charge is 2.14. The molecule has 144 valence electrons. The van der Waals surface area contributed by atoms with Crippen molar-refractivity contribution < 1.29 is 9.63 Å². The number of pyridine rings is 1. The topological polar surface area (TPSA) is 77.6 Å². The van der Waals surface area contributed by atoms with Crippen LogP contribution in [-0.4, -0.2) is 16.8 Å². The lowest BCUT2D eigenvalue weighted by Crippen LogP contribution is -2.15. The molecule has 1 aromatic heterocycles. The number of benzene rings is 1. The van der Waals surface area contributed by atoms with E-state index in [9.17, 15) is 4.79 Å². The van der Waals surface area contributed by atoms with Crippen LogP contribution in [0, 0.1) is 0 Å². The lowest BCUT2D eigenvalue weighted by atomic mass is 10.0. The van der Waals surface area contributed by atoms with E-state index in [0.717, 1.165) is 6.42 Å². The zero-order chi connectivity index (χ0) is 19.6. The third kappa shape index (κ3) is 6.85. The highest BCUT2D eigenvalue weighted by molar-refractivity contribution is 6.34. The second kappa shape index (κ2) is 10.9. The van der Waals surface area contributed by atoms with Crippen LogP contribution in [0.4, 0.5) is 0 Å². The Bertz CT molecular complexity index is 792. The number of oxime groups is 1. The van der Waals surface area contributed by atoms with Gasteiger partial charge in [-0.25, -0.2) is 9.78 Å². The maximum Gasteiger partial charge on any atom is 0.368 e. The summed E-state index contributed by atoms with van der Waals surface area (Å²) in [6, 6.07) is 9.11. The van der Waals surface area contributed by atoms with E-state index in [2.05, 4.69) is 17.1 Å². The summed E-state index contributed by atoms with van der Waals surface area (Å²) >= 11 is 11.7. The molecular weight excluding hydrogens is 385 g/mol. The molecule has 1 aromatic carbocycles. The molecule has 0 aliphatic heterocycles. The van der Waals surface area contributed by atoms with Gasteiger partial charge in [0.15, 0.2) is 5.84 Å². The van der Waals surface area contributed by atoms with Crippen LogP contribution in [0.3, 0.4) is 0 Å². The van der Waals surface area contributed by atoms with E-state index >= 15 is 0 Å². The molecule has 2 N–H and O–H groups in total. The van der Waals surface area contributed by atoms with E-state index in [1.165, 1.54) is 49.9 Å². The molecule has 0 atom stereocenters. The number of unbranched alkanes of at least 4 members (excludes halogenated alkanes) is 4. The van der Waals surface area contributed by atoms with Crippen LogP contribution in [-0.2, 0) is 11.3 Å². The monoisotopic (exact) mass is 407 g/mol. The Balaban J connectivity index is 1.91. The van der Waals surface area contributed by atoms with Crippen LogP contribution < -0.4 is 5.73 Å². The third-order valence-corrected chi connectivity index (χ3v) is 4.58. The molecule has 0 saturated heterocycles. The number of nitrogens with two attached hydrogens (primary N) is 1. The van der Waals surface area contributed by atoms with Gasteiger partial charge in [-0.1, -0.05) is 85.2 Å². The van der Waals surface area contributed by atoms with Crippen molar-refractivity contribution >= 4 is 35.0 Å². The van der Waals surface area contributed by atoms with Gasteiger partial charge in [-0.3, -0.25) is 0 Å². The number of rotatable bonds is 9. The number of amidine groups is 1. The normalized spacial score (nSPS) is 11.4. The predicted octanol–water partition coefficient (Wildman–Crippen LogP) is 5.38. The lowest BCUT2D eigenvalue weighted by Gasteiger charge is -2.05. The number of aryl methyl sites for hydroxylation is 1. The van der Waals surface area contributed by atoms with Crippen molar-refractivity contribution in [3.63, 3.8) is 0 Å².